The zero-order valence-electron chi connectivity index (χ0n) is 11.6. The third kappa shape index (κ3) is 3.13. The molecule has 0 atom stereocenters. The van der Waals surface area contributed by atoms with Gasteiger partial charge >= 0.3 is 0 Å². The minimum atomic E-state index is -0.858. The third-order valence-electron chi connectivity index (χ3n) is 4.46. The molecule has 114 valence electrons. The van der Waals surface area contributed by atoms with E-state index in [1.54, 1.807) is 0 Å². The van der Waals surface area contributed by atoms with Crippen molar-refractivity contribution < 1.29 is 14.2 Å². The lowest BCUT2D eigenvalue weighted by molar-refractivity contribution is -0.129. The van der Waals surface area contributed by atoms with Gasteiger partial charge in [-0.3, -0.25) is 9.00 Å². The lowest BCUT2D eigenvalue weighted by Crippen LogP contribution is -2.54. The van der Waals surface area contributed by atoms with Gasteiger partial charge in [0.25, 0.3) is 0 Å². The summed E-state index contributed by atoms with van der Waals surface area (Å²) in [6.45, 7) is 0. The van der Waals surface area contributed by atoms with E-state index < -0.39 is 16.2 Å². The molecule has 0 radical (unpaired) electrons. The second-order valence-electron chi connectivity index (χ2n) is 5.72. The highest BCUT2D eigenvalue weighted by Crippen LogP contribution is 2.37. The van der Waals surface area contributed by atoms with Gasteiger partial charge in [-0.25, -0.2) is 0 Å². The number of nitrogens with two attached hydrogens (primary N) is 1. The number of rotatable bonds is 3. The van der Waals surface area contributed by atoms with Crippen molar-refractivity contribution in [1.29, 1.82) is 0 Å². The minimum absolute atomic E-state index is 0.0223. The number of nitrogens with zero attached hydrogens (tertiary/aromatic N) is 1. The van der Waals surface area contributed by atoms with Gasteiger partial charge in [0.2, 0.25) is 5.91 Å². The Labute approximate surface area is 121 Å². The topological polar surface area (TPSA) is 105 Å². The first-order valence-corrected chi connectivity index (χ1v) is 8.71. The number of amidine groups is 1. The van der Waals surface area contributed by atoms with Crippen LogP contribution in [0.2, 0.25) is 0 Å². The van der Waals surface area contributed by atoms with Crippen molar-refractivity contribution in [3.05, 3.63) is 0 Å². The van der Waals surface area contributed by atoms with Crippen LogP contribution < -0.4 is 11.1 Å². The van der Waals surface area contributed by atoms with E-state index in [0.717, 1.165) is 32.1 Å². The molecule has 2 rings (SSSR count). The fourth-order valence-corrected chi connectivity index (χ4v) is 4.41. The highest BCUT2D eigenvalue weighted by molar-refractivity contribution is 7.85. The van der Waals surface area contributed by atoms with Gasteiger partial charge in [0, 0.05) is 28.3 Å². The molecule has 0 unspecified atom stereocenters. The fraction of sp³-hybridized carbons (Fsp3) is 0.846. The van der Waals surface area contributed by atoms with Crippen molar-refractivity contribution in [1.82, 2.24) is 5.32 Å². The Kier molecular flexibility index (Phi) is 5.01. The summed E-state index contributed by atoms with van der Waals surface area (Å²) in [6, 6.07) is 0.0606. The summed E-state index contributed by atoms with van der Waals surface area (Å²) >= 11 is 0. The van der Waals surface area contributed by atoms with Gasteiger partial charge in [-0.15, -0.1) is 0 Å². The van der Waals surface area contributed by atoms with Crippen LogP contribution in [0.5, 0.6) is 0 Å². The molecule has 1 amide bonds. The largest absolute Gasteiger partial charge is 0.409 e. The second kappa shape index (κ2) is 6.56. The zero-order valence-corrected chi connectivity index (χ0v) is 12.5. The Morgan fingerprint density at radius 1 is 1.25 bits per heavy atom. The van der Waals surface area contributed by atoms with Crippen LogP contribution in [0.4, 0.5) is 0 Å². The minimum Gasteiger partial charge on any atom is -0.409 e. The van der Waals surface area contributed by atoms with Crippen LogP contribution >= 0.6 is 0 Å². The van der Waals surface area contributed by atoms with Gasteiger partial charge in [-0.05, 0) is 25.7 Å². The SMILES string of the molecule is NC(=NO)C1(C(=O)NC2CCS(=O)CC2)CCCCC1. The maximum atomic E-state index is 12.6. The van der Waals surface area contributed by atoms with Crippen molar-refractivity contribution in [2.45, 2.75) is 51.0 Å². The van der Waals surface area contributed by atoms with Crippen LogP contribution in [0.3, 0.4) is 0 Å². The number of hydrogen-bond donors (Lipinski definition) is 3. The lowest BCUT2D eigenvalue weighted by Gasteiger charge is -2.36. The normalized spacial score (nSPS) is 30.7. The summed E-state index contributed by atoms with van der Waals surface area (Å²) in [7, 11) is -0.741. The van der Waals surface area contributed by atoms with E-state index in [-0.39, 0.29) is 17.8 Å². The van der Waals surface area contributed by atoms with E-state index in [0.29, 0.717) is 24.3 Å². The average Bonchev–Trinajstić information content (AvgIpc) is 2.49. The Bertz CT molecular complexity index is 409. The van der Waals surface area contributed by atoms with Crippen LogP contribution in [-0.4, -0.2) is 38.7 Å². The van der Waals surface area contributed by atoms with E-state index in [1.165, 1.54) is 0 Å². The van der Waals surface area contributed by atoms with Crippen LogP contribution in [-0.2, 0) is 15.6 Å². The summed E-state index contributed by atoms with van der Waals surface area (Å²) in [6.07, 6.45) is 5.66. The lowest BCUT2D eigenvalue weighted by atomic mass is 9.72. The molecule has 2 aliphatic rings. The van der Waals surface area contributed by atoms with E-state index in [2.05, 4.69) is 10.5 Å². The predicted octanol–water partition coefficient (Wildman–Crippen LogP) is 0.711. The molecule has 1 heterocycles. The van der Waals surface area contributed by atoms with Crippen molar-refractivity contribution in [2.24, 2.45) is 16.3 Å². The molecule has 0 bridgehead atoms. The maximum Gasteiger partial charge on any atom is 0.234 e. The molecule has 6 nitrogen and oxygen atoms in total. The highest BCUT2D eigenvalue weighted by Gasteiger charge is 2.44. The molecule has 1 aliphatic heterocycles. The third-order valence-corrected chi connectivity index (χ3v) is 5.85. The van der Waals surface area contributed by atoms with Crippen molar-refractivity contribution >= 4 is 22.5 Å². The summed E-state index contributed by atoms with van der Waals surface area (Å²) in [5, 5.41) is 15.1. The van der Waals surface area contributed by atoms with Gasteiger partial charge in [-0.1, -0.05) is 24.4 Å². The number of oxime groups is 1. The van der Waals surface area contributed by atoms with Gasteiger partial charge in [0.1, 0.15) is 5.41 Å². The van der Waals surface area contributed by atoms with E-state index >= 15 is 0 Å². The molecular weight excluding hydrogens is 278 g/mol. The Balaban J connectivity index is 2.05. The monoisotopic (exact) mass is 301 g/mol. The standard InChI is InChI=1S/C13H23N3O3S/c14-11(16-18)13(6-2-1-3-7-13)12(17)15-10-4-8-20(19)9-5-10/h10,18H,1-9H2,(H2,14,16)(H,15,17). The molecule has 0 spiro atoms. The van der Waals surface area contributed by atoms with Gasteiger partial charge in [-0.2, -0.15) is 0 Å². The first-order valence-electron chi connectivity index (χ1n) is 7.22. The van der Waals surface area contributed by atoms with Crippen LogP contribution in [0.15, 0.2) is 5.16 Å². The number of nitrogens with one attached hydrogen (secondary N) is 1. The zero-order chi connectivity index (χ0) is 14.6. The summed E-state index contributed by atoms with van der Waals surface area (Å²) in [5.74, 6) is 1.17. The highest BCUT2D eigenvalue weighted by atomic mass is 32.2. The first kappa shape index (κ1) is 15.3. The Morgan fingerprint density at radius 3 is 2.40 bits per heavy atom. The fourth-order valence-electron chi connectivity index (χ4n) is 3.11. The van der Waals surface area contributed by atoms with Gasteiger partial charge in [0.15, 0.2) is 5.84 Å². The van der Waals surface area contributed by atoms with Crippen LogP contribution in [0.1, 0.15) is 44.9 Å². The van der Waals surface area contributed by atoms with Gasteiger partial charge < -0.3 is 16.3 Å². The first-order chi connectivity index (χ1) is 9.58. The molecule has 0 aromatic rings. The molecule has 1 saturated heterocycles. The van der Waals surface area contributed by atoms with Crippen LogP contribution in [0.25, 0.3) is 0 Å². The van der Waals surface area contributed by atoms with E-state index in [4.69, 9.17) is 10.9 Å². The molecule has 20 heavy (non-hydrogen) atoms. The number of carbonyl (C=O) groups is 1. The number of carbonyl (C=O) groups excluding carboxylic acids is 1. The van der Waals surface area contributed by atoms with Crippen molar-refractivity contribution in [3.8, 4) is 0 Å². The van der Waals surface area contributed by atoms with E-state index in [9.17, 15) is 9.00 Å². The van der Waals surface area contributed by atoms with Crippen molar-refractivity contribution in [2.75, 3.05) is 11.5 Å². The molecule has 1 aliphatic carbocycles. The molecule has 7 heteroatoms. The van der Waals surface area contributed by atoms with E-state index in [1.807, 2.05) is 0 Å². The molecule has 0 aromatic carbocycles. The molecule has 4 N–H and O–H groups in total. The van der Waals surface area contributed by atoms with Crippen molar-refractivity contribution in [3.63, 3.8) is 0 Å². The van der Waals surface area contributed by atoms with Crippen LogP contribution in [0, 0.1) is 5.41 Å². The number of hydrogen-bond acceptors (Lipinski definition) is 4. The Hall–Kier alpha value is -1.11. The quantitative estimate of drug-likeness (QED) is 0.309. The number of amides is 1. The summed E-state index contributed by atoms with van der Waals surface area (Å²) < 4.78 is 11.3. The van der Waals surface area contributed by atoms with Gasteiger partial charge in [0.05, 0.1) is 0 Å². The summed E-state index contributed by atoms with van der Waals surface area (Å²) in [4.78, 5) is 12.6. The molecular formula is C13H23N3O3S. The maximum absolute atomic E-state index is 12.6. The average molecular weight is 301 g/mol. The molecule has 2 fully saturated rings. The summed E-state index contributed by atoms with van der Waals surface area (Å²) in [5.41, 5.74) is 4.94. The Morgan fingerprint density at radius 2 is 1.85 bits per heavy atom. The molecule has 0 aromatic heterocycles. The molecule has 1 saturated carbocycles. The predicted molar refractivity (Wildman–Crippen MR) is 78.0 cm³/mol. The smallest absolute Gasteiger partial charge is 0.234 e. The second-order valence-corrected chi connectivity index (χ2v) is 7.42.